The Labute approximate surface area is 171 Å². The molecule has 0 unspecified atom stereocenters. The van der Waals surface area contributed by atoms with Crippen molar-refractivity contribution in [3.63, 3.8) is 0 Å². The molecule has 3 rings (SSSR count). The Morgan fingerprint density at radius 2 is 1.70 bits per heavy atom. The number of halogens is 1. The van der Waals surface area contributed by atoms with E-state index in [0.717, 1.165) is 18.7 Å². The number of nitrogens with zero attached hydrogens (tertiary/aromatic N) is 1. The van der Waals surface area contributed by atoms with Crippen LogP contribution in [0.1, 0.15) is 22.7 Å². The van der Waals surface area contributed by atoms with Crippen molar-refractivity contribution < 1.29 is 40.5 Å². The van der Waals surface area contributed by atoms with Crippen LogP contribution in [0.3, 0.4) is 0 Å². The summed E-state index contributed by atoms with van der Waals surface area (Å²) in [6.07, 6.45) is 0.868. The first-order chi connectivity index (χ1) is 12.5. The van der Waals surface area contributed by atoms with Crippen molar-refractivity contribution in [2.24, 2.45) is 0 Å². The van der Waals surface area contributed by atoms with Crippen LogP contribution in [-0.4, -0.2) is 51.9 Å². The minimum Gasteiger partial charge on any atom is -1.00 e. The number of hydrogen-bond donors (Lipinski definition) is 0. The average Bonchev–Trinajstić information content (AvgIpc) is 2.67. The predicted molar refractivity (Wildman–Crippen MR) is 99.5 cm³/mol. The van der Waals surface area contributed by atoms with Crippen LogP contribution in [0.15, 0.2) is 42.5 Å². The molecule has 0 aromatic heterocycles. The highest BCUT2D eigenvalue weighted by Gasteiger charge is 2.42. The smallest absolute Gasteiger partial charge is 0.361 e. The molecule has 0 aliphatic carbocycles. The summed E-state index contributed by atoms with van der Waals surface area (Å²) in [5, 5.41) is 0. The van der Waals surface area contributed by atoms with Gasteiger partial charge in [-0.1, -0.05) is 30.3 Å². The first kappa shape index (κ1) is 21.3. The first-order valence-electron chi connectivity index (χ1n) is 8.73. The van der Waals surface area contributed by atoms with Gasteiger partial charge in [-0.2, -0.15) is 0 Å². The molecule has 2 atom stereocenters. The molecule has 0 bridgehead atoms. The van der Waals surface area contributed by atoms with E-state index in [9.17, 15) is 4.79 Å². The molecule has 0 saturated carbocycles. The van der Waals surface area contributed by atoms with Crippen molar-refractivity contribution in [2.75, 3.05) is 41.5 Å². The molecule has 2 aromatic rings. The van der Waals surface area contributed by atoms with Gasteiger partial charge in [0.2, 0.25) is 0 Å². The number of methoxy groups -OCH3 is 3. The van der Waals surface area contributed by atoms with Crippen LogP contribution in [0.25, 0.3) is 0 Å². The number of carbonyl (C=O) groups excluding carboxylic acids is 1. The number of rotatable bonds is 5. The standard InChI is InChI=1S/C21H26NO4.BrH/c1-22(14-20(23)26-4)11-10-16-12-18(24-2)19(25-3)13-17(16)21(22)15-8-6-5-7-9-15;/h5-9,12-13,21H,10-11,14H2,1-4H3;1H/q+1;/p-1/t21-,22+;/m1./s1. The number of likely N-dealkylation sites (N-methyl/N-ethyl adjacent to an activating group) is 1. The Hall–Kier alpha value is -2.05. The molecule has 146 valence electrons. The Kier molecular flexibility index (Phi) is 6.89. The molecule has 0 spiro atoms. The van der Waals surface area contributed by atoms with Crippen molar-refractivity contribution in [2.45, 2.75) is 12.5 Å². The van der Waals surface area contributed by atoms with Gasteiger partial charge >= 0.3 is 5.97 Å². The first-order valence-corrected chi connectivity index (χ1v) is 8.73. The van der Waals surface area contributed by atoms with Crippen molar-refractivity contribution in [3.8, 4) is 11.5 Å². The SMILES string of the molecule is COC(=O)C[N@+]1(C)CCc2cc(OC)c(OC)cc2[C@H]1c1ccccc1.[Br-]. The van der Waals surface area contributed by atoms with E-state index in [2.05, 4.69) is 31.3 Å². The summed E-state index contributed by atoms with van der Waals surface area (Å²) < 4.78 is 16.5. The van der Waals surface area contributed by atoms with E-state index >= 15 is 0 Å². The van der Waals surface area contributed by atoms with Gasteiger partial charge in [0.1, 0.15) is 6.04 Å². The molecule has 0 saturated heterocycles. The van der Waals surface area contributed by atoms with Crippen LogP contribution in [0.4, 0.5) is 0 Å². The summed E-state index contributed by atoms with van der Waals surface area (Å²) in [5.41, 5.74) is 3.58. The summed E-state index contributed by atoms with van der Waals surface area (Å²) >= 11 is 0. The third-order valence-electron chi connectivity index (χ3n) is 5.29. The van der Waals surface area contributed by atoms with Crippen LogP contribution in [0.2, 0.25) is 0 Å². The van der Waals surface area contributed by atoms with Crippen molar-refractivity contribution >= 4 is 5.97 Å². The number of carbonyl (C=O) groups is 1. The lowest BCUT2D eigenvalue weighted by atomic mass is 9.85. The molecule has 1 heterocycles. The molecule has 0 radical (unpaired) electrons. The average molecular weight is 436 g/mol. The van der Waals surface area contributed by atoms with Gasteiger partial charge in [-0.05, 0) is 17.7 Å². The Morgan fingerprint density at radius 3 is 2.30 bits per heavy atom. The van der Waals surface area contributed by atoms with Crippen LogP contribution in [0.5, 0.6) is 11.5 Å². The van der Waals surface area contributed by atoms with E-state index in [1.807, 2.05) is 18.2 Å². The van der Waals surface area contributed by atoms with Crippen molar-refractivity contribution in [1.82, 2.24) is 0 Å². The highest BCUT2D eigenvalue weighted by molar-refractivity contribution is 5.70. The molecule has 6 heteroatoms. The fourth-order valence-electron chi connectivity index (χ4n) is 3.95. The summed E-state index contributed by atoms with van der Waals surface area (Å²) in [6.45, 7) is 1.17. The zero-order valence-corrected chi connectivity index (χ0v) is 17.8. The van der Waals surface area contributed by atoms with Gasteiger partial charge in [0.05, 0.1) is 34.9 Å². The molecule has 0 fully saturated rings. The molecular formula is C21H26BrNO4. The van der Waals surface area contributed by atoms with Crippen molar-refractivity contribution in [3.05, 3.63) is 59.2 Å². The second-order valence-electron chi connectivity index (χ2n) is 6.91. The molecule has 27 heavy (non-hydrogen) atoms. The third-order valence-corrected chi connectivity index (χ3v) is 5.29. The number of esters is 1. The van der Waals surface area contributed by atoms with E-state index < -0.39 is 0 Å². The third kappa shape index (κ3) is 4.12. The number of ether oxygens (including phenoxy) is 3. The van der Waals surface area contributed by atoms with Crippen LogP contribution in [0, 0.1) is 0 Å². The normalized spacial score (nSPS) is 20.8. The van der Waals surface area contributed by atoms with Crippen LogP contribution < -0.4 is 26.5 Å². The van der Waals surface area contributed by atoms with E-state index in [4.69, 9.17) is 14.2 Å². The van der Waals surface area contributed by atoms with E-state index in [-0.39, 0.29) is 29.0 Å². The van der Waals surface area contributed by atoms with E-state index in [1.54, 1.807) is 14.2 Å². The second-order valence-corrected chi connectivity index (χ2v) is 6.91. The van der Waals surface area contributed by atoms with Gasteiger partial charge in [0.25, 0.3) is 0 Å². The highest BCUT2D eigenvalue weighted by atomic mass is 79.9. The maximum atomic E-state index is 12.1. The number of fused-ring (bicyclic) bond motifs is 1. The van der Waals surface area contributed by atoms with Crippen molar-refractivity contribution in [1.29, 1.82) is 0 Å². The Morgan fingerprint density at radius 1 is 1.07 bits per heavy atom. The number of benzene rings is 2. The van der Waals surface area contributed by atoms with Gasteiger partial charge in [0, 0.05) is 17.5 Å². The largest absolute Gasteiger partial charge is 1.00 e. The molecule has 2 aromatic carbocycles. The fraction of sp³-hybridized carbons (Fsp3) is 0.381. The number of hydrogen-bond acceptors (Lipinski definition) is 4. The molecule has 1 aliphatic heterocycles. The molecular weight excluding hydrogens is 410 g/mol. The van der Waals surface area contributed by atoms with Gasteiger partial charge in [-0.15, -0.1) is 0 Å². The summed E-state index contributed by atoms with van der Waals surface area (Å²) in [7, 11) is 6.86. The Balaban J connectivity index is 0.00000261. The van der Waals surface area contributed by atoms with Gasteiger partial charge in [-0.3, -0.25) is 0 Å². The van der Waals surface area contributed by atoms with Gasteiger partial charge < -0.3 is 35.7 Å². The van der Waals surface area contributed by atoms with Crippen LogP contribution in [-0.2, 0) is 16.0 Å². The molecule has 0 N–H and O–H groups in total. The van der Waals surface area contributed by atoms with E-state index in [1.165, 1.54) is 23.8 Å². The van der Waals surface area contributed by atoms with Gasteiger partial charge in [-0.25, -0.2) is 4.79 Å². The summed E-state index contributed by atoms with van der Waals surface area (Å²) in [4.78, 5) is 12.1. The maximum Gasteiger partial charge on any atom is 0.361 e. The highest BCUT2D eigenvalue weighted by Crippen LogP contribution is 2.43. The summed E-state index contributed by atoms with van der Waals surface area (Å²) in [5.74, 6) is 1.25. The monoisotopic (exact) mass is 435 g/mol. The minimum atomic E-state index is -0.197. The lowest BCUT2D eigenvalue weighted by Gasteiger charge is -2.45. The Bertz CT molecular complexity index is 796. The fourth-order valence-corrected chi connectivity index (χ4v) is 3.95. The molecule has 0 amide bonds. The predicted octanol–water partition coefficient (Wildman–Crippen LogP) is -0.0271. The topological polar surface area (TPSA) is 44.8 Å². The molecule has 5 nitrogen and oxygen atoms in total. The zero-order chi connectivity index (χ0) is 18.7. The van der Waals surface area contributed by atoms with E-state index in [0.29, 0.717) is 16.8 Å². The lowest BCUT2D eigenvalue weighted by Crippen LogP contribution is -3.00. The molecule has 1 aliphatic rings. The lowest BCUT2D eigenvalue weighted by molar-refractivity contribution is -0.928. The minimum absolute atomic E-state index is 0. The number of quaternary nitrogens is 1. The zero-order valence-electron chi connectivity index (χ0n) is 16.2. The quantitative estimate of drug-likeness (QED) is 0.488. The van der Waals surface area contributed by atoms with Gasteiger partial charge in [0.15, 0.2) is 18.0 Å². The van der Waals surface area contributed by atoms with Crippen LogP contribution >= 0.6 is 0 Å². The second kappa shape index (κ2) is 8.76. The maximum absolute atomic E-state index is 12.1. The summed E-state index contributed by atoms with van der Waals surface area (Å²) in [6, 6.07) is 14.4.